The lowest BCUT2D eigenvalue weighted by molar-refractivity contribution is -0.289. The molecule has 1 aliphatic rings. The fraction of sp³-hybridized carbons (Fsp3) is 0.462. The summed E-state index contributed by atoms with van der Waals surface area (Å²) in [6.07, 6.45) is -2.45. The van der Waals surface area contributed by atoms with Crippen molar-refractivity contribution in [3.63, 3.8) is 0 Å². The lowest BCUT2D eigenvalue weighted by Crippen LogP contribution is -2.33. The molecule has 190 valence electrons. The highest BCUT2D eigenvalue weighted by Crippen LogP contribution is 2.44. The van der Waals surface area contributed by atoms with Crippen LogP contribution in [0, 0.1) is 12.8 Å². The topological polar surface area (TPSA) is 50.2 Å². The number of hydrogen-bond acceptors (Lipinski definition) is 4. The second-order valence-electron chi connectivity index (χ2n) is 8.78. The van der Waals surface area contributed by atoms with Gasteiger partial charge in [-0.3, -0.25) is 4.79 Å². The summed E-state index contributed by atoms with van der Waals surface area (Å²) in [6, 6.07) is 5.96. The number of benzene rings is 1. The minimum Gasteiger partial charge on any atom is -0.512 e. The molecule has 0 aliphatic heterocycles. The monoisotopic (exact) mass is 513 g/mol. The number of aliphatic hydroxyl groups is 1. The molecule has 0 radical (unpaired) electrons. The van der Waals surface area contributed by atoms with Gasteiger partial charge in [0.1, 0.15) is 5.76 Å². The molecule has 0 saturated carbocycles. The van der Waals surface area contributed by atoms with E-state index < -0.39 is 17.7 Å². The molecule has 1 aliphatic carbocycles. The number of carbonyl (C=O) groups is 1. The van der Waals surface area contributed by atoms with Gasteiger partial charge < -0.3 is 5.11 Å². The van der Waals surface area contributed by atoms with E-state index in [2.05, 4.69) is 4.98 Å². The molecular formula is C26H28F5NO2S. The molecule has 3 nitrogen and oxygen atoms in total. The van der Waals surface area contributed by atoms with Crippen LogP contribution in [0.2, 0.25) is 0 Å². The molecule has 9 heteroatoms. The number of carbonyl (C=O) groups excluding carboxylic acids is 1. The van der Waals surface area contributed by atoms with Crippen LogP contribution in [0.15, 0.2) is 41.2 Å². The van der Waals surface area contributed by atoms with Crippen molar-refractivity contribution in [2.45, 2.75) is 70.0 Å². The van der Waals surface area contributed by atoms with Crippen molar-refractivity contribution < 1.29 is 31.9 Å². The van der Waals surface area contributed by atoms with Gasteiger partial charge in [-0.2, -0.15) is 22.0 Å². The Labute approximate surface area is 205 Å². The van der Waals surface area contributed by atoms with Gasteiger partial charge in [0.2, 0.25) is 0 Å². The van der Waals surface area contributed by atoms with Crippen LogP contribution in [0.1, 0.15) is 60.9 Å². The van der Waals surface area contributed by atoms with Crippen LogP contribution in [0.3, 0.4) is 0 Å². The van der Waals surface area contributed by atoms with Crippen molar-refractivity contribution in [2.24, 2.45) is 5.92 Å². The average molecular weight is 514 g/mol. The van der Waals surface area contributed by atoms with Gasteiger partial charge >= 0.3 is 12.1 Å². The Kier molecular flexibility index (Phi) is 8.29. The number of alkyl halides is 5. The third-order valence-electron chi connectivity index (χ3n) is 6.21. The number of rotatable bonds is 8. The Bertz CT molecular complexity index is 1080. The largest absolute Gasteiger partial charge is 0.512 e. The van der Waals surface area contributed by atoms with Gasteiger partial charge in [-0.05, 0) is 66.7 Å². The summed E-state index contributed by atoms with van der Waals surface area (Å²) in [6.45, 7) is 6.05. The number of Topliss-reactive ketones (excluding diaryl/α,β-unsaturated/α-hetero) is 1. The lowest BCUT2D eigenvalue weighted by atomic mass is 9.79. The van der Waals surface area contributed by atoms with Gasteiger partial charge in [0.15, 0.2) is 5.78 Å². The maximum atomic E-state index is 13.4. The van der Waals surface area contributed by atoms with Crippen LogP contribution in [0.4, 0.5) is 22.0 Å². The maximum Gasteiger partial charge on any atom is 0.458 e. The molecule has 35 heavy (non-hydrogen) atoms. The highest BCUT2D eigenvalue weighted by atomic mass is 32.2. The first-order chi connectivity index (χ1) is 16.4. The van der Waals surface area contributed by atoms with Gasteiger partial charge in [0, 0.05) is 24.6 Å². The number of aryl methyl sites for hydroxylation is 3. The molecule has 0 fully saturated rings. The number of ketones is 1. The van der Waals surface area contributed by atoms with E-state index in [0.717, 1.165) is 47.2 Å². The molecule has 1 unspecified atom stereocenters. The van der Waals surface area contributed by atoms with Crippen molar-refractivity contribution in [1.82, 2.24) is 4.98 Å². The summed E-state index contributed by atoms with van der Waals surface area (Å²) in [5, 5.41) is 11.2. The minimum atomic E-state index is -5.68. The zero-order chi connectivity index (χ0) is 26.0. The lowest BCUT2D eigenvalue weighted by Gasteiger charge is -2.26. The summed E-state index contributed by atoms with van der Waals surface area (Å²) in [5.41, 5.74) is 3.24. The Morgan fingerprint density at radius 2 is 1.69 bits per heavy atom. The molecule has 1 heterocycles. The van der Waals surface area contributed by atoms with Gasteiger partial charge in [-0.15, -0.1) is 11.8 Å². The fourth-order valence-electron chi connectivity index (χ4n) is 4.43. The van der Waals surface area contributed by atoms with Crippen LogP contribution in [-0.4, -0.2) is 27.8 Å². The van der Waals surface area contributed by atoms with Gasteiger partial charge in [0.05, 0.1) is 10.6 Å². The molecule has 0 bridgehead atoms. The van der Waals surface area contributed by atoms with E-state index in [0.29, 0.717) is 35.4 Å². The van der Waals surface area contributed by atoms with Crippen molar-refractivity contribution in [1.29, 1.82) is 0 Å². The number of nitrogens with zero attached hydrogens (tertiary/aromatic N) is 1. The maximum absolute atomic E-state index is 13.4. The number of aromatic nitrogens is 1. The molecule has 0 saturated heterocycles. The minimum absolute atomic E-state index is 0.0846. The molecule has 3 rings (SSSR count). The summed E-state index contributed by atoms with van der Waals surface area (Å²) < 4.78 is 64.3. The molecular weight excluding hydrogens is 485 g/mol. The van der Waals surface area contributed by atoms with E-state index in [1.165, 1.54) is 11.8 Å². The summed E-state index contributed by atoms with van der Waals surface area (Å²) in [7, 11) is 0. The molecule has 1 atom stereocenters. The summed E-state index contributed by atoms with van der Waals surface area (Å²) >= 11 is 1.21. The molecule has 0 spiro atoms. The van der Waals surface area contributed by atoms with Crippen LogP contribution in [0.25, 0.3) is 5.57 Å². The third-order valence-corrected chi connectivity index (χ3v) is 7.19. The first-order valence-corrected chi connectivity index (χ1v) is 12.5. The molecule has 1 aromatic heterocycles. The van der Waals surface area contributed by atoms with Crippen LogP contribution in [-0.2, 0) is 23.6 Å². The smallest absolute Gasteiger partial charge is 0.458 e. The van der Waals surface area contributed by atoms with Gasteiger partial charge in [0.25, 0.3) is 0 Å². The second kappa shape index (κ2) is 10.7. The highest BCUT2D eigenvalue weighted by molar-refractivity contribution is 7.99. The fourth-order valence-corrected chi connectivity index (χ4v) is 5.38. The summed E-state index contributed by atoms with van der Waals surface area (Å²) in [4.78, 5) is 16.8. The van der Waals surface area contributed by atoms with Crippen molar-refractivity contribution in [3.8, 4) is 0 Å². The van der Waals surface area contributed by atoms with Crippen LogP contribution >= 0.6 is 11.8 Å². The van der Waals surface area contributed by atoms with E-state index in [9.17, 15) is 31.9 Å². The van der Waals surface area contributed by atoms with Crippen molar-refractivity contribution in [2.75, 3.05) is 5.75 Å². The second-order valence-corrected chi connectivity index (χ2v) is 9.89. The van der Waals surface area contributed by atoms with Crippen molar-refractivity contribution in [3.05, 3.63) is 64.0 Å². The molecule has 1 aromatic carbocycles. The van der Waals surface area contributed by atoms with E-state index in [-0.39, 0.29) is 23.9 Å². The number of aliphatic hydroxyl groups excluding tert-OH is 1. The Hall–Kier alpha value is -2.42. The van der Waals surface area contributed by atoms with Gasteiger partial charge in [-0.25, -0.2) is 4.98 Å². The van der Waals surface area contributed by atoms with Gasteiger partial charge in [-0.1, -0.05) is 31.5 Å². The zero-order valence-electron chi connectivity index (χ0n) is 19.8. The predicted molar refractivity (Wildman–Crippen MR) is 127 cm³/mol. The normalized spacial score (nSPS) is 17.3. The summed E-state index contributed by atoms with van der Waals surface area (Å²) in [5.74, 6) is -4.59. The number of pyridine rings is 1. The van der Waals surface area contributed by atoms with E-state index in [1.54, 1.807) is 0 Å². The molecule has 0 amide bonds. The first-order valence-electron chi connectivity index (χ1n) is 11.5. The first kappa shape index (κ1) is 27.2. The van der Waals surface area contributed by atoms with E-state index >= 15 is 0 Å². The highest BCUT2D eigenvalue weighted by Gasteiger charge is 2.58. The predicted octanol–water partition coefficient (Wildman–Crippen LogP) is 7.60. The SMILES string of the molecule is CCc1cc(C)cc(CC)c1C1=C(O)CC(CCSc2ccc(C(F)(F)C(F)(F)F)cn2)CC1=O. The molecule has 1 N–H and O–H groups in total. The van der Waals surface area contributed by atoms with E-state index in [4.69, 9.17) is 0 Å². The third kappa shape index (κ3) is 5.88. The quantitative estimate of drug-likeness (QED) is 0.292. The Balaban J connectivity index is 1.67. The number of allylic oxidation sites excluding steroid dienone is 2. The zero-order valence-corrected chi connectivity index (χ0v) is 20.6. The standard InChI is InChI=1S/C26H28F5NO2S/c1-4-17-10-15(3)11-18(5-2)23(17)24-20(33)12-16(13-21(24)34)8-9-35-22-7-6-19(14-32-22)25(27,28)26(29,30)31/h6-7,10-11,14,16,33H,4-5,8-9,12-13H2,1-3H3. The Morgan fingerprint density at radius 3 is 2.17 bits per heavy atom. The number of thioether (sulfide) groups is 1. The van der Waals surface area contributed by atoms with Crippen LogP contribution in [0.5, 0.6) is 0 Å². The Morgan fingerprint density at radius 1 is 1.06 bits per heavy atom. The van der Waals surface area contributed by atoms with E-state index in [1.807, 2.05) is 32.9 Å². The van der Waals surface area contributed by atoms with Crippen LogP contribution < -0.4 is 0 Å². The number of hydrogen-bond donors (Lipinski definition) is 1. The molecule has 2 aromatic rings. The van der Waals surface area contributed by atoms with Crippen molar-refractivity contribution >= 4 is 23.1 Å². The average Bonchev–Trinajstić information content (AvgIpc) is 2.78. The number of halogens is 5.